The zero-order valence-electron chi connectivity index (χ0n) is 30.6. The van der Waals surface area contributed by atoms with Crippen LogP contribution in [-0.4, -0.2) is 72.8 Å². The zero-order chi connectivity index (χ0) is 37.9. The van der Waals surface area contributed by atoms with Crippen molar-refractivity contribution in [2.75, 3.05) is 20.1 Å². The summed E-state index contributed by atoms with van der Waals surface area (Å²) in [6.07, 6.45) is 15.1. The highest BCUT2D eigenvalue weighted by atomic mass is 32.2. The molecule has 0 spiro atoms. The number of hydrogen-bond acceptors (Lipinski definition) is 10. The number of hydrogen-bond donors (Lipinski definition) is 8. The fourth-order valence-corrected chi connectivity index (χ4v) is 8.07. The number of amidine groups is 1. The number of amides is 3. The van der Waals surface area contributed by atoms with Crippen LogP contribution in [0.5, 0.6) is 0 Å². The van der Waals surface area contributed by atoms with Gasteiger partial charge < -0.3 is 49.2 Å². The first-order chi connectivity index (χ1) is 25.6. The summed E-state index contributed by atoms with van der Waals surface area (Å²) in [7, 11) is 1.64. The molecule has 53 heavy (non-hydrogen) atoms. The van der Waals surface area contributed by atoms with Crippen LogP contribution < -0.4 is 49.3 Å². The van der Waals surface area contributed by atoms with Gasteiger partial charge in [-0.25, -0.2) is 4.98 Å². The van der Waals surface area contributed by atoms with Gasteiger partial charge in [0.05, 0.1) is 12.1 Å². The summed E-state index contributed by atoms with van der Waals surface area (Å²) in [5, 5.41) is 17.6. The largest absolute Gasteiger partial charge is 0.384 e. The third kappa shape index (κ3) is 9.84. The highest BCUT2D eigenvalue weighted by molar-refractivity contribution is 7.99. The minimum Gasteiger partial charge on any atom is -0.384 e. The number of likely N-dealkylation sites (N-methyl/N-ethyl adjacent to an activating group) is 1. The summed E-state index contributed by atoms with van der Waals surface area (Å²) in [6.45, 7) is 3.37. The number of pyridine rings is 1. The number of aromatic amines is 1. The first kappa shape index (κ1) is 39.5. The van der Waals surface area contributed by atoms with Crippen LogP contribution in [0.3, 0.4) is 0 Å². The Labute approximate surface area is 315 Å². The van der Waals surface area contributed by atoms with Gasteiger partial charge in [0, 0.05) is 54.6 Å². The lowest BCUT2D eigenvalue weighted by molar-refractivity contribution is -0.427. The van der Waals surface area contributed by atoms with Crippen LogP contribution in [0.25, 0.3) is 0 Å². The Morgan fingerprint density at radius 1 is 1.00 bits per heavy atom. The van der Waals surface area contributed by atoms with E-state index in [1.807, 2.05) is 55.7 Å². The number of carbonyl (C=O) groups excluding carboxylic acids is 3. The second-order valence-corrected chi connectivity index (χ2v) is 14.7. The van der Waals surface area contributed by atoms with Crippen molar-refractivity contribution in [1.82, 2.24) is 26.2 Å². The molecule has 5 unspecified atom stereocenters. The van der Waals surface area contributed by atoms with Crippen molar-refractivity contribution in [2.24, 2.45) is 34.1 Å². The smallest absolute Gasteiger partial charge is 0.247 e. The van der Waals surface area contributed by atoms with Gasteiger partial charge in [0.15, 0.2) is 6.20 Å². The molecule has 284 valence electrons. The predicted octanol–water partition coefficient (Wildman–Crippen LogP) is 0.795. The molecular weight excluding hydrogens is 691 g/mol. The van der Waals surface area contributed by atoms with E-state index in [1.165, 1.54) is 16.7 Å². The van der Waals surface area contributed by atoms with Crippen LogP contribution >= 0.6 is 11.8 Å². The summed E-state index contributed by atoms with van der Waals surface area (Å²) in [5.74, 6) is 4.82. The molecule has 0 saturated heterocycles. The Morgan fingerprint density at radius 2 is 1.77 bits per heavy atom. The Hall–Kier alpha value is -4.70. The fourth-order valence-electron chi connectivity index (χ4n) is 6.99. The molecule has 1 aromatic carbocycles. The third-order valence-corrected chi connectivity index (χ3v) is 11.4. The summed E-state index contributed by atoms with van der Waals surface area (Å²) in [4.78, 5) is 48.7. The Morgan fingerprint density at radius 3 is 2.55 bits per heavy atom. The standard InChI is InChI=1S/C38H53N11O3S/c1-23-17-25(34(41)48-42)18-27-22-46-36(51)32(19-26-21-44-29-11-4-3-10-28(26)29)49(2)38(52)31(12-5-6-14-39)47-35(50)30(13-7-15-40)45-20-24-9-8-16-43-37(24)53-33(23)27/h3-4,8-11,16-18,21,28-32,44-45H,5-7,12-15,19-20,22,39-40,42H2,1-2H3,(H2,41,48)(H,46,51)(H,47,50)/p+1. The first-order valence-corrected chi connectivity index (χ1v) is 19.1. The number of nitrogens with one attached hydrogen (secondary N) is 5. The molecule has 1 aliphatic carbocycles. The highest BCUT2D eigenvalue weighted by Crippen LogP contribution is 2.35. The average Bonchev–Trinajstić information content (AvgIpc) is 3.58. The summed E-state index contributed by atoms with van der Waals surface area (Å²) < 4.78 is 0. The average molecular weight is 745 g/mol. The number of aromatic nitrogens is 1. The van der Waals surface area contributed by atoms with Crippen LogP contribution in [0, 0.1) is 12.8 Å². The van der Waals surface area contributed by atoms with Crippen LogP contribution in [0.4, 0.5) is 0 Å². The second-order valence-electron chi connectivity index (χ2n) is 13.7. The van der Waals surface area contributed by atoms with Gasteiger partial charge in [0.25, 0.3) is 0 Å². The van der Waals surface area contributed by atoms with Crippen LogP contribution in [0.2, 0.25) is 0 Å². The Balaban J connectivity index is 1.58. The molecule has 5 atom stereocenters. The van der Waals surface area contributed by atoms with E-state index in [0.717, 1.165) is 32.2 Å². The van der Waals surface area contributed by atoms with Crippen molar-refractivity contribution in [3.05, 3.63) is 88.8 Å². The van der Waals surface area contributed by atoms with Crippen LogP contribution in [-0.2, 0) is 27.5 Å². The number of fused-ring (bicyclic) bond motifs is 3. The zero-order valence-corrected chi connectivity index (χ0v) is 31.4. The maximum atomic E-state index is 14.5. The van der Waals surface area contributed by atoms with E-state index in [4.69, 9.17) is 23.0 Å². The normalized spacial score (nSPS) is 24.0. The number of nitrogens with two attached hydrogens (primary N) is 4. The SMILES string of the molecule is Cc1cc(C(N)=NN)cc2c1Sc1[nH+]cccc1CNC(CCCN)C(=O)NC(CCCCN)C(=O)N(C)C(CC1=CNC3C=CC=CC13)C(=O)NC2. The van der Waals surface area contributed by atoms with E-state index in [0.29, 0.717) is 63.7 Å². The number of carbonyl (C=O) groups is 3. The summed E-state index contributed by atoms with van der Waals surface area (Å²) in [5.41, 5.74) is 22.2. The summed E-state index contributed by atoms with van der Waals surface area (Å²) in [6, 6.07) is 5.42. The van der Waals surface area contributed by atoms with Gasteiger partial charge in [-0.1, -0.05) is 24.3 Å². The van der Waals surface area contributed by atoms with E-state index in [-0.39, 0.29) is 42.1 Å². The quantitative estimate of drug-likeness (QED) is 0.0561. The first-order valence-electron chi connectivity index (χ1n) is 18.3. The molecule has 3 heterocycles. The minimum absolute atomic E-state index is 0.0482. The van der Waals surface area contributed by atoms with Crippen molar-refractivity contribution in [3.8, 4) is 0 Å². The molecule has 2 aliphatic heterocycles. The Bertz CT molecular complexity index is 1760. The number of aryl methyl sites for hydroxylation is 1. The molecule has 13 N–H and O–H groups in total. The Kier molecular flexibility index (Phi) is 14.1. The van der Waals surface area contributed by atoms with Gasteiger partial charge in [-0.3, -0.25) is 14.4 Å². The van der Waals surface area contributed by atoms with E-state index in [1.54, 1.807) is 7.05 Å². The van der Waals surface area contributed by atoms with Gasteiger partial charge in [0.2, 0.25) is 22.7 Å². The molecule has 0 bridgehead atoms. The molecule has 1 aromatic heterocycles. The fraction of sp³-hybridized carbons (Fsp3) is 0.447. The molecule has 3 amide bonds. The van der Waals surface area contributed by atoms with E-state index in [9.17, 15) is 14.4 Å². The topological polar surface area (TPSA) is 233 Å². The number of nitrogens with zero attached hydrogens (tertiary/aromatic N) is 2. The van der Waals surface area contributed by atoms with Gasteiger partial charge in [-0.15, -0.1) is 0 Å². The molecule has 0 radical (unpaired) electrons. The van der Waals surface area contributed by atoms with Crippen LogP contribution in [0.15, 0.2) is 81.6 Å². The van der Waals surface area contributed by atoms with Crippen molar-refractivity contribution in [3.63, 3.8) is 0 Å². The minimum atomic E-state index is -0.880. The molecule has 3 aliphatic rings. The van der Waals surface area contributed by atoms with E-state index in [2.05, 4.69) is 43.5 Å². The van der Waals surface area contributed by atoms with Crippen LogP contribution in [0.1, 0.15) is 60.8 Å². The third-order valence-electron chi connectivity index (χ3n) is 10.0. The second kappa shape index (κ2) is 18.9. The molecule has 2 aromatic rings. The van der Waals surface area contributed by atoms with E-state index >= 15 is 0 Å². The van der Waals surface area contributed by atoms with Crippen molar-refractivity contribution in [1.29, 1.82) is 0 Å². The number of hydrazone groups is 1. The number of H-pyrrole nitrogens is 1. The number of allylic oxidation sites excluding steroid dienone is 2. The molecule has 15 heteroatoms. The van der Waals surface area contributed by atoms with Crippen molar-refractivity contribution < 1.29 is 19.4 Å². The van der Waals surface area contributed by atoms with Gasteiger partial charge in [0.1, 0.15) is 17.9 Å². The molecular formula is C38H54N11O3S+. The molecule has 0 fully saturated rings. The van der Waals surface area contributed by atoms with Gasteiger partial charge >= 0.3 is 0 Å². The van der Waals surface area contributed by atoms with Crippen molar-refractivity contribution in [2.45, 2.75) is 92.6 Å². The molecule has 5 rings (SSSR count). The summed E-state index contributed by atoms with van der Waals surface area (Å²) >= 11 is 1.52. The molecule has 14 nitrogen and oxygen atoms in total. The predicted molar refractivity (Wildman–Crippen MR) is 207 cm³/mol. The maximum Gasteiger partial charge on any atom is 0.247 e. The highest BCUT2D eigenvalue weighted by Gasteiger charge is 2.37. The monoisotopic (exact) mass is 744 g/mol. The number of rotatable bonds is 10. The number of benzene rings is 1. The lowest BCUT2D eigenvalue weighted by Crippen LogP contribution is -2.56. The number of unbranched alkanes of at least 4 members (excludes halogenated alkanes) is 1. The lowest BCUT2D eigenvalue weighted by Gasteiger charge is -2.33. The maximum absolute atomic E-state index is 14.5. The van der Waals surface area contributed by atoms with E-state index < -0.39 is 18.1 Å². The van der Waals surface area contributed by atoms with Crippen molar-refractivity contribution >= 4 is 35.3 Å². The molecule has 0 saturated carbocycles. The van der Waals surface area contributed by atoms with Gasteiger partial charge in [-0.2, -0.15) is 5.10 Å². The van der Waals surface area contributed by atoms with Gasteiger partial charge in [-0.05, 0) is 105 Å². The lowest BCUT2D eigenvalue weighted by atomic mass is 9.87.